The zero-order valence-corrected chi connectivity index (χ0v) is 19.3. The largest absolute Gasteiger partial charge is 0.378 e. The van der Waals surface area contributed by atoms with Crippen molar-refractivity contribution >= 4 is 24.1 Å². The third-order valence-electron chi connectivity index (χ3n) is 6.36. The molecule has 5 rings (SSSR count). The summed E-state index contributed by atoms with van der Waals surface area (Å²) >= 11 is 0. The summed E-state index contributed by atoms with van der Waals surface area (Å²) < 4.78 is 47.0. The number of urea groups is 1. The molecule has 4 heterocycles. The highest BCUT2D eigenvalue weighted by atomic mass is 19.1. The fourth-order valence-electron chi connectivity index (χ4n) is 4.46. The first-order valence-electron chi connectivity index (χ1n) is 11.6. The van der Waals surface area contributed by atoms with Gasteiger partial charge in [-0.05, 0) is 17.7 Å². The van der Waals surface area contributed by atoms with E-state index in [0.29, 0.717) is 64.5 Å². The van der Waals surface area contributed by atoms with Gasteiger partial charge >= 0.3 is 6.03 Å². The number of amides is 3. The van der Waals surface area contributed by atoms with Crippen molar-refractivity contribution in [2.24, 2.45) is 5.10 Å². The van der Waals surface area contributed by atoms with Gasteiger partial charge in [0.1, 0.15) is 11.6 Å². The van der Waals surface area contributed by atoms with Crippen LogP contribution in [0.2, 0.25) is 0 Å². The number of morpholine rings is 1. The molecule has 36 heavy (non-hydrogen) atoms. The summed E-state index contributed by atoms with van der Waals surface area (Å²) in [6.07, 6.45) is 2.87. The van der Waals surface area contributed by atoms with E-state index >= 15 is 0 Å². The molecule has 2 aromatic rings. The summed E-state index contributed by atoms with van der Waals surface area (Å²) in [5, 5.41) is 5.36. The number of hydrogen-bond donors (Lipinski definition) is 0. The zero-order chi connectivity index (χ0) is 25.2. The molecule has 0 radical (unpaired) electrons. The highest BCUT2D eigenvalue weighted by Crippen LogP contribution is 2.30. The number of ether oxygens (including phenoxy) is 1. The van der Waals surface area contributed by atoms with E-state index in [1.165, 1.54) is 22.0 Å². The molecule has 3 aliphatic rings. The topological polar surface area (TPSA) is 94.5 Å². The smallest absolute Gasteiger partial charge is 0.341 e. The average molecular weight is 503 g/mol. The normalized spacial score (nSPS) is 20.2. The maximum absolute atomic E-state index is 14.4. The molecular formula is C23H24F3N7O3. The SMILES string of the molecule is O=C(c1nc(N2CCN(C(=O)N3N=CC[C@H]3c3cc(F)cc(F)c3)CC2)ncc1F)N1CCOCC1. The Bertz CT molecular complexity index is 1160. The summed E-state index contributed by atoms with van der Waals surface area (Å²) in [7, 11) is 0. The van der Waals surface area contributed by atoms with Gasteiger partial charge in [-0.2, -0.15) is 5.10 Å². The standard InChI is InChI=1S/C23H24F3N7O3/c24-16-11-15(12-17(25)13-16)19-1-2-28-33(19)23(35)32-5-3-31(4-6-32)22-27-14-18(26)20(29-22)21(34)30-7-9-36-10-8-30/h2,11-14,19H,1,3-10H2/t19-/m0/s1. The van der Waals surface area contributed by atoms with Gasteiger partial charge in [0.25, 0.3) is 5.91 Å². The number of piperazine rings is 1. The summed E-state index contributed by atoms with van der Waals surface area (Å²) in [5.41, 5.74) is 0.0335. The minimum atomic E-state index is -0.796. The zero-order valence-electron chi connectivity index (χ0n) is 19.3. The summed E-state index contributed by atoms with van der Waals surface area (Å²) in [5.74, 6) is -2.55. The molecular weight excluding hydrogens is 479 g/mol. The maximum atomic E-state index is 14.4. The second-order valence-electron chi connectivity index (χ2n) is 8.62. The summed E-state index contributed by atoms with van der Waals surface area (Å²) in [6.45, 7) is 2.78. The lowest BCUT2D eigenvalue weighted by Crippen LogP contribution is -2.52. The Morgan fingerprint density at radius 3 is 2.31 bits per heavy atom. The van der Waals surface area contributed by atoms with E-state index in [0.717, 1.165) is 12.3 Å². The molecule has 0 spiro atoms. The maximum Gasteiger partial charge on any atom is 0.341 e. The minimum Gasteiger partial charge on any atom is -0.378 e. The molecule has 1 atom stereocenters. The van der Waals surface area contributed by atoms with Gasteiger partial charge in [-0.3, -0.25) is 4.79 Å². The van der Waals surface area contributed by atoms with E-state index in [-0.39, 0.29) is 17.7 Å². The second kappa shape index (κ2) is 10.1. The minimum absolute atomic E-state index is 0.201. The number of anilines is 1. The summed E-state index contributed by atoms with van der Waals surface area (Å²) in [4.78, 5) is 39.0. The number of nitrogens with zero attached hydrogens (tertiary/aromatic N) is 7. The quantitative estimate of drug-likeness (QED) is 0.637. The first kappa shape index (κ1) is 24.0. The molecule has 0 saturated carbocycles. The fourth-order valence-corrected chi connectivity index (χ4v) is 4.46. The Balaban J connectivity index is 1.24. The van der Waals surface area contributed by atoms with Crippen LogP contribution in [0.5, 0.6) is 0 Å². The van der Waals surface area contributed by atoms with Crippen LogP contribution in [0.25, 0.3) is 0 Å². The Labute approximate surface area is 204 Å². The lowest BCUT2D eigenvalue weighted by atomic mass is 10.0. The fraction of sp³-hybridized carbons (Fsp3) is 0.435. The molecule has 190 valence electrons. The van der Waals surface area contributed by atoms with Crippen molar-refractivity contribution in [3.63, 3.8) is 0 Å². The molecule has 0 aliphatic carbocycles. The van der Waals surface area contributed by atoms with Crippen molar-refractivity contribution in [1.29, 1.82) is 0 Å². The number of carbonyl (C=O) groups excluding carboxylic acids is 2. The van der Waals surface area contributed by atoms with Crippen LogP contribution >= 0.6 is 0 Å². The number of hydrazone groups is 1. The van der Waals surface area contributed by atoms with Gasteiger partial charge in [0.2, 0.25) is 5.95 Å². The van der Waals surface area contributed by atoms with Crippen molar-refractivity contribution in [2.45, 2.75) is 12.5 Å². The van der Waals surface area contributed by atoms with E-state index < -0.39 is 29.4 Å². The Morgan fingerprint density at radius 2 is 1.61 bits per heavy atom. The highest BCUT2D eigenvalue weighted by Gasteiger charge is 2.34. The van der Waals surface area contributed by atoms with E-state index in [2.05, 4.69) is 15.1 Å². The third-order valence-corrected chi connectivity index (χ3v) is 6.36. The molecule has 1 aromatic heterocycles. The molecule has 1 aromatic carbocycles. The summed E-state index contributed by atoms with van der Waals surface area (Å²) in [6, 6.07) is 2.18. The van der Waals surface area contributed by atoms with Crippen LogP contribution in [0.15, 0.2) is 29.5 Å². The molecule has 2 saturated heterocycles. The van der Waals surface area contributed by atoms with Crippen molar-refractivity contribution in [1.82, 2.24) is 24.8 Å². The Kier molecular flexibility index (Phi) is 6.72. The van der Waals surface area contributed by atoms with Crippen LogP contribution in [0.4, 0.5) is 23.9 Å². The Hall–Kier alpha value is -3.74. The second-order valence-corrected chi connectivity index (χ2v) is 8.62. The molecule has 3 amide bonds. The van der Waals surface area contributed by atoms with Gasteiger partial charge in [-0.25, -0.2) is 32.9 Å². The van der Waals surface area contributed by atoms with Gasteiger partial charge in [0.15, 0.2) is 11.5 Å². The van der Waals surface area contributed by atoms with E-state index in [4.69, 9.17) is 4.74 Å². The first-order chi connectivity index (χ1) is 17.4. The van der Waals surface area contributed by atoms with Gasteiger partial charge in [-0.15, -0.1) is 0 Å². The lowest BCUT2D eigenvalue weighted by molar-refractivity contribution is 0.0295. The molecule has 3 aliphatic heterocycles. The third kappa shape index (κ3) is 4.83. The van der Waals surface area contributed by atoms with Crippen LogP contribution in [0.1, 0.15) is 28.5 Å². The molecule has 2 fully saturated rings. The van der Waals surface area contributed by atoms with Crippen molar-refractivity contribution < 1.29 is 27.5 Å². The monoisotopic (exact) mass is 503 g/mol. The highest BCUT2D eigenvalue weighted by molar-refractivity contribution is 5.92. The molecule has 0 unspecified atom stereocenters. The van der Waals surface area contributed by atoms with Crippen LogP contribution in [0.3, 0.4) is 0 Å². The van der Waals surface area contributed by atoms with Crippen LogP contribution < -0.4 is 4.90 Å². The Morgan fingerprint density at radius 1 is 0.917 bits per heavy atom. The average Bonchev–Trinajstić information content (AvgIpc) is 3.38. The van der Waals surface area contributed by atoms with Crippen molar-refractivity contribution in [3.8, 4) is 0 Å². The molecule has 0 bridgehead atoms. The first-order valence-corrected chi connectivity index (χ1v) is 11.6. The van der Waals surface area contributed by atoms with Gasteiger partial charge in [0, 0.05) is 58.0 Å². The molecule has 10 nitrogen and oxygen atoms in total. The predicted molar refractivity (Wildman–Crippen MR) is 122 cm³/mol. The van der Waals surface area contributed by atoms with Crippen LogP contribution in [0, 0.1) is 17.5 Å². The van der Waals surface area contributed by atoms with E-state index in [9.17, 15) is 22.8 Å². The molecule has 0 N–H and O–H groups in total. The number of aromatic nitrogens is 2. The van der Waals surface area contributed by atoms with Gasteiger partial charge in [-0.1, -0.05) is 0 Å². The number of carbonyl (C=O) groups is 2. The van der Waals surface area contributed by atoms with E-state index in [1.807, 2.05) is 0 Å². The van der Waals surface area contributed by atoms with Gasteiger partial charge < -0.3 is 19.4 Å². The van der Waals surface area contributed by atoms with Crippen molar-refractivity contribution in [3.05, 3.63) is 53.1 Å². The van der Waals surface area contributed by atoms with Crippen LogP contribution in [-0.4, -0.2) is 95.4 Å². The van der Waals surface area contributed by atoms with Crippen LogP contribution in [-0.2, 0) is 4.74 Å². The van der Waals surface area contributed by atoms with E-state index in [1.54, 1.807) is 16.0 Å². The predicted octanol–water partition coefficient (Wildman–Crippen LogP) is 2.04. The lowest BCUT2D eigenvalue weighted by Gasteiger charge is -2.37. The molecule has 13 heteroatoms. The number of hydrogen-bond acceptors (Lipinski definition) is 7. The van der Waals surface area contributed by atoms with Gasteiger partial charge in [0.05, 0.1) is 25.5 Å². The number of halogens is 3. The number of benzene rings is 1. The van der Waals surface area contributed by atoms with Crippen molar-refractivity contribution in [2.75, 3.05) is 57.4 Å². The number of rotatable bonds is 3.